The molecule has 0 aliphatic rings. The summed E-state index contributed by atoms with van der Waals surface area (Å²) in [5.74, 6) is 0. The Hall–Kier alpha value is -0.0600. The van der Waals surface area contributed by atoms with Gasteiger partial charge in [-0.1, -0.05) is 23.7 Å². The highest BCUT2D eigenvalue weighted by Crippen LogP contribution is 2.23. The Kier molecular flexibility index (Phi) is 3.55. The number of rotatable bonds is 2. The van der Waals surface area contributed by atoms with Gasteiger partial charge in [0.05, 0.1) is 11.1 Å². The van der Waals surface area contributed by atoms with E-state index in [2.05, 4.69) is 29.2 Å². The summed E-state index contributed by atoms with van der Waals surface area (Å²) in [6.45, 7) is 3.50. The second-order valence-electron chi connectivity index (χ2n) is 2.35. The highest BCUT2D eigenvalue weighted by Gasteiger charge is 2.04. The highest BCUT2D eigenvalue weighted by atomic mass is 127. The zero-order valence-electron chi connectivity index (χ0n) is 6.30. The lowest BCUT2D eigenvalue weighted by Gasteiger charge is -2.06. The van der Waals surface area contributed by atoms with Crippen molar-refractivity contribution in [1.82, 2.24) is 0 Å². The molecule has 1 rings (SSSR count). The van der Waals surface area contributed by atoms with Crippen molar-refractivity contribution in [1.29, 1.82) is 0 Å². The van der Waals surface area contributed by atoms with E-state index in [1.165, 1.54) is 6.08 Å². The molecule has 0 bridgehead atoms. The second-order valence-corrected chi connectivity index (χ2v) is 3.92. The molecule has 0 amide bonds. The van der Waals surface area contributed by atoms with E-state index in [-0.39, 0.29) is 0 Å². The van der Waals surface area contributed by atoms with Crippen LogP contribution in [-0.2, 0) is 0 Å². The van der Waals surface area contributed by atoms with E-state index in [0.717, 1.165) is 9.13 Å². The van der Waals surface area contributed by atoms with Gasteiger partial charge in [-0.3, -0.25) is 0 Å². The molecular formula is C9H8ClIO. The summed E-state index contributed by atoms with van der Waals surface area (Å²) >= 11 is 7.94. The van der Waals surface area contributed by atoms with Gasteiger partial charge in [-0.25, -0.2) is 0 Å². The third-order valence-corrected chi connectivity index (χ3v) is 3.05. The largest absolute Gasteiger partial charge is 0.384 e. The number of aliphatic hydroxyl groups is 1. The summed E-state index contributed by atoms with van der Waals surface area (Å²) in [7, 11) is 0. The molecule has 0 fully saturated rings. The monoisotopic (exact) mass is 294 g/mol. The molecule has 1 atom stereocenters. The Morgan fingerprint density at radius 2 is 2.25 bits per heavy atom. The van der Waals surface area contributed by atoms with Crippen LogP contribution >= 0.6 is 34.2 Å². The normalized spacial score (nSPS) is 12.6. The van der Waals surface area contributed by atoms with Crippen molar-refractivity contribution in [3.05, 3.63) is 45.0 Å². The van der Waals surface area contributed by atoms with Crippen molar-refractivity contribution in [2.75, 3.05) is 0 Å². The van der Waals surface area contributed by atoms with Crippen molar-refractivity contribution in [3.63, 3.8) is 0 Å². The van der Waals surface area contributed by atoms with Gasteiger partial charge in [-0.2, -0.15) is 0 Å². The first-order valence-electron chi connectivity index (χ1n) is 3.40. The predicted octanol–water partition coefficient (Wildman–Crippen LogP) is 3.16. The average Bonchev–Trinajstić information content (AvgIpc) is 2.08. The molecule has 3 heteroatoms. The van der Waals surface area contributed by atoms with Gasteiger partial charge < -0.3 is 5.11 Å². The maximum Gasteiger partial charge on any atom is 0.0969 e. The molecule has 0 saturated heterocycles. The topological polar surface area (TPSA) is 20.2 Å². The SMILES string of the molecule is C=CC(O)c1ccc(Cl)c(I)c1. The maximum atomic E-state index is 9.38. The molecule has 0 spiro atoms. The minimum absolute atomic E-state index is 0.601. The van der Waals surface area contributed by atoms with E-state index < -0.39 is 6.10 Å². The van der Waals surface area contributed by atoms with Crippen LogP contribution in [0.25, 0.3) is 0 Å². The summed E-state index contributed by atoms with van der Waals surface area (Å²) in [6, 6.07) is 5.40. The number of benzene rings is 1. The smallest absolute Gasteiger partial charge is 0.0969 e. The van der Waals surface area contributed by atoms with Crippen LogP contribution in [-0.4, -0.2) is 5.11 Å². The van der Waals surface area contributed by atoms with Gasteiger partial charge in [0.25, 0.3) is 0 Å². The molecule has 1 aromatic rings. The molecule has 64 valence electrons. The molecule has 0 heterocycles. The van der Waals surface area contributed by atoms with Crippen LogP contribution in [0, 0.1) is 3.57 Å². The van der Waals surface area contributed by atoms with E-state index in [9.17, 15) is 5.11 Å². The number of aliphatic hydroxyl groups excluding tert-OH is 1. The Morgan fingerprint density at radius 3 is 2.75 bits per heavy atom. The molecule has 0 radical (unpaired) electrons. The van der Waals surface area contributed by atoms with Gasteiger partial charge >= 0.3 is 0 Å². The van der Waals surface area contributed by atoms with Crippen LogP contribution in [0.4, 0.5) is 0 Å². The molecule has 0 aliphatic carbocycles. The predicted molar refractivity (Wildman–Crippen MR) is 59.3 cm³/mol. The second kappa shape index (κ2) is 4.25. The zero-order chi connectivity index (χ0) is 9.14. The van der Waals surface area contributed by atoms with Crippen LogP contribution in [0.5, 0.6) is 0 Å². The summed E-state index contributed by atoms with van der Waals surface area (Å²) in [4.78, 5) is 0. The van der Waals surface area contributed by atoms with Crippen molar-refractivity contribution >= 4 is 34.2 Å². The van der Waals surface area contributed by atoms with Gasteiger partial charge in [0.2, 0.25) is 0 Å². The number of halogens is 2. The van der Waals surface area contributed by atoms with Crippen molar-refractivity contribution in [3.8, 4) is 0 Å². The number of hydrogen-bond donors (Lipinski definition) is 1. The van der Waals surface area contributed by atoms with Gasteiger partial charge in [-0.05, 0) is 40.3 Å². The Morgan fingerprint density at radius 1 is 1.58 bits per heavy atom. The maximum absolute atomic E-state index is 9.38. The van der Waals surface area contributed by atoms with Gasteiger partial charge in [-0.15, -0.1) is 6.58 Å². The fourth-order valence-corrected chi connectivity index (χ4v) is 1.49. The van der Waals surface area contributed by atoms with E-state index >= 15 is 0 Å². The average molecular weight is 295 g/mol. The zero-order valence-corrected chi connectivity index (χ0v) is 9.21. The summed E-state index contributed by atoms with van der Waals surface area (Å²) in [5.41, 5.74) is 0.818. The van der Waals surface area contributed by atoms with Crippen LogP contribution < -0.4 is 0 Å². The molecule has 0 aromatic heterocycles. The minimum Gasteiger partial charge on any atom is -0.384 e. The minimum atomic E-state index is -0.601. The van der Waals surface area contributed by atoms with Gasteiger partial charge in [0.15, 0.2) is 0 Å². The Balaban J connectivity index is 3.04. The molecule has 12 heavy (non-hydrogen) atoms. The molecule has 0 aliphatic heterocycles. The van der Waals surface area contributed by atoms with Crippen LogP contribution in [0.1, 0.15) is 11.7 Å². The van der Waals surface area contributed by atoms with Gasteiger partial charge in [0.1, 0.15) is 0 Å². The summed E-state index contributed by atoms with van der Waals surface area (Å²) in [5, 5.41) is 10.1. The third kappa shape index (κ3) is 2.21. The lowest BCUT2D eigenvalue weighted by Crippen LogP contribution is -1.92. The van der Waals surface area contributed by atoms with E-state index in [4.69, 9.17) is 11.6 Å². The summed E-state index contributed by atoms with van der Waals surface area (Å²) in [6.07, 6.45) is 0.884. The van der Waals surface area contributed by atoms with E-state index in [1.807, 2.05) is 6.07 Å². The standard InChI is InChI=1S/C9H8ClIO/c1-2-9(12)6-3-4-7(10)8(11)5-6/h2-5,9,12H,1H2. The fraction of sp³-hybridized carbons (Fsp3) is 0.111. The Bertz CT molecular complexity index is 299. The van der Waals surface area contributed by atoms with Crippen molar-refractivity contribution in [2.45, 2.75) is 6.10 Å². The quantitative estimate of drug-likeness (QED) is 0.656. The number of hydrogen-bond acceptors (Lipinski definition) is 1. The molecule has 1 unspecified atom stereocenters. The summed E-state index contributed by atoms with van der Waals surface area (Å²) < 4.78 is 0.938. The fourth-order valence-electron chi connectivity index (χ4n) is 0.832. The Labute approximate surface area is 90.2 Å². The van der Waals surface area contributed by atoms with E-state index in [0.29, 0.717) is 5.02 Å². The van der Waals surface area contributed by atoms with E-state index in [1.54, 1.807) is 12.1 Å². The lowest BCUT2D eigenvalue weighted by molar-refractivity contribution is 0.229. The van der Waals surface area contributed by atoms with Crippen LogP contribution in [0.3, 0.4) is 0 Å². The van der Waals surface area contributed by atoms with Gasteiger partial charge in [0, 0.05) is 3.57 Å². The van der Waals surface area contributed by atoms with Crippen molar-refractivity contribution < 1.29 is 5.11 Å². The first-order valence-corrected chi connectivity index (χ1v) is 4.86. The molecular weight excluding hydrogens is 286 g/mol. The van der Waals surface area contributed by atoms with Crippen LogP contribution in [0.15, 0.2) is 30.9 Å². The third-order valence-electron chi connectivity index (χ3n) is 1.51. The highest BCUT2D eigenvalue weighted by molar-refractivity contribution is 14.1. The lowest BCUT2D eigenvalue weighted by atomic mass is 10.1. The molecule has 1 N–H and O–H groups in total. The molecule has 1 nitrogen and oxygen atoms in total. The molecule has 1 aromatic carbocycles. The molecule has 0 saturated carbocycles. The van der Waals surface area contributed by atoms with Crippen LogP contribution in [0.2, 0.25) is 5.02 Å². The van der Waals surface area contributed by atoms with Crippen molar-refractivity contribution in [2.24, 2.45) is 0 Å². The first-order chi connectivity index (χ1) is 5.65. The first kappa shape index (κ1) is 10.0.